The summed E-state index contributed by atoms with van der Waals surface area (Å²) < 4.78 is 0. The number of carbonyl (C=O) groups is 2. The van der Waals surface area contributed by atoms with Gasteiger partial charge in [-0.05, 0) is 24.3 Å². The fourth-order valence-electron chi connectivity index (χ4n) is 2.54. The first kappa shape index (κ1) is 15.1. The van der Waals surface area contributed by atoms with Crippen LogP contribution >= 0.6 is 11.8 Å². The summed E-state index contributed by atoms with van der Waals surface area (Å²) in [5, 5.41) is 0.139. The number of hydrogen-bond acceptors (Lipinski definition) is 3. The van der Waals surface area contributed by atoms with Gasteiger partial charge in [-0.15, -0.1) is 0 Å². The average molecular weight is 291 g/mol. The molecule has 1 atom stereocenters. The summed E-state index contributed by atoms with van der Waals surface area (Å²) in [6, 6.07) is 10.4. The predicted molar refractivity (Wildman–Crippen MR) is 82.6 cm³/mol. The molecule has 108 valence electrons. The maximum absolute atomic E-state index is 11.9. The van der Waals surface area contributed by atoms with E-state index in [1.165, 1.54) is 17.3 Å². The fourth-order valence-corrected chi connectivity index (χ4v) is 3.23. The van der Waals surface area contributed by atoms with Crippen molar-refractivity contribution in [3.05, 3.63) is 35.9 Å². The molecule has 1 unspecified atom stereocenters. The lowest BCUT2D eigenvalue weighted by molar-refractivity contribution is -0.127. The second kappa shape index (κ2) is 7.48. The van der Waals surface area contributed by atoms with Gasteiger partial charge >= 0.3 is 0 Å². The minimum atomic E-state index is 0.139. The highest BCUT2D eigenvalue weighted by molar-refractivity contribution is 8.13. The molecule has 4 heteroatoms. The van der Waals surface area contributed by atoms with E-state index in [1.807, 2.05) is 23.1 Å². The number of carbonyl (C=O) groups excluding carboxylic acids is 2. The van der Waals surface area contributed by atoms with Crippen LogP contribution < -0.4 is 0 Å². The molecular weight excluding hydrogens is 270 g/mol. The standard InChI is InChI=1S/C16H21NO2S/c1-13(18)20-12-15-10-16(19)17(11-15)9-5-8-14-6-3-2-4-7-14/h2-4,6-7,15H,5,8-12H2,1H3. The van der Waals surface area contributed by atoms with Gasteiger partial charge in [0.05, 0.1) is 0 Å². The second-order valence-electron chi connectivity index (χ2n) is 5.30. The topological polar surface area (TPSA) is 37.4 Å². The SMILES string of the molecule is CC(=O)SCC1CC(=O)N(CCCc2ccccc2)C1. The Morgan fingerprint density at radius 3 is 2.80 bits per heavy atom. The number of likely N-dealkylation sites (tertiary alicyclic amines) is 1. The first-order chi connectivity index (χ1) is 9.65. The normalized spacial score (nSPS) is 18.6. The number of aryl methyl sites for hydroxylation is 1. The van der Waals surface area contributed by atoms with Gasteiger partial charge in [-0.1, -0.05) is 42.1 Å². The van der Waals surface area contributed by atoms with Crippen LogP contribution in [-0.4, -0.2) is 34.8 Å². The van der Waals surface area contributed by atoms with Crippen LogP contribution in [0.1, 0.15) is 25.3 Å². The van der Waals surface area contributed by atoms with Crippen LogP contribution in [0.4, 0.5) is 0 Å². The predicted octanol–water partition coefficient (Wildman–Crippen LogP) is 2.75. The van der Waals surface area contributed by atoms with Crippen LogP contribution in [0, 0.1) is 5.92 Å². The van der Waals surface area contributed by atoms with Gasteiger partial charge in [0.25, 0.3) is 0 Å². The highest BCUT2D eigenvalue weighted by atomic mass is 32.2. The van der Waals surface area contributed by atoms with E-state index >= 15 is 0 Å². The Labute approximate surface area is 124 Å². The second-order valence-corrected chi connectivity index (χ2v) is 6.50. The highest BCUT2D eigenvalue weighted by Gasteiger charge is 2.29. The van der Waals surface area contributed by atoms with Gasteiger partial charge in [-0.3, -0.25) is 9.59 Å². The van der Waals surface area contributed by atoms with Gasteiger partial charge < -0.3 is 4.90 Å². The van der Waals surface area contributed by atoms with E-state index in [-0.39, 0.29) is 11.0 Å². The van der Waals surface area contributed by atoms with Crippen molar-refractivity contribution in [3.63, 3.8) is 0 Å². The van der Waals surface area contributed by atoms with Gasteiger partial charge in [-0.25, -0.2) is 0 Å². The summed E-state index contributed by atoms with van der Waals surface area (Å²) in [6.45, 7) is 3.22. The van der Waals surface area contributed by atoms with Crippen molar-refractivity contribution in [1.29, 1.82) is 0 Å². The maximum Gasteiger partial charge on any atom is 0.222 e. The molecule has 0 N–H and O–H groups in total. The lowest BCUT2D eigenvalue weighted by Gasteiger charge is -2.16. The van der Waals surface area contributed by atoms with Gasteiger partial charge in [-0.2, -0.15) is 0 Å². The van der Waals surface area contributed by atoms with E-state index in [0.717, 1.165) is 31.7 Å². The summed E-state index contributed by atoms with van der Waals surface area (Å²) in [5.74, 6) is 1.36. The molecule has 1 saturated heterocycles. The average Bonchev–Trinajstić information content (AvgIpc) is 2.78. The first-order valence-electron chi connectivity index (χ1n) is 7.10. The highest BCUT2D eigenvalue weighted by Crippen LogP contribution is 2.22. The lowest BCUT2D eigenvalue weighted by atomic mass is 10.1. The summed E-state index contributed by atoms with van der Waals surface area (Å²) in [5.41, 5.74) is 1.32. The molecule has 1 amide bonds. The van der Waals surface area contributed by atoms with Crippen molar-refractivity contribution >= 4 is 22.8 Å². The molecule has 0 saturated carbocycles. The molecule has 3 nitrogen and oxygen atoms in total. The van der Waals surface area contributed by atoms with Crippen LogP contribution in [0.5, 0.6) is 0 Å². The maximum atomic E-state index is 11.9. The zero-order valence-corrected chi connectivity index (χ0v) is 12.7. The van der Waals surface area contributed by atoms with E-state index in [1.54, 1.807) is 6.92 Å². The number of hydrogen-bond donors (Lipinski definition) is 0. The lowest BCUT2D eigenvalue weighted by Crippen LogP contribution is -2.26. The Hall–Kier alpha value is -1.29. The molecule has 0 radical (unpaired) electrons. The molecular formula is C16H21NO2S. The third-order valence-electron chi connectivity index (χ3n) is 3.55. The zero-order chi connectivity index (χ0) is 14.4. The molecule has 1 aliphatic rings. The molecule has 0 aliphatic carbocycles. The molecule has 1 heterocycles. The zero-order valence-electron chi connectivity index (χ0n) is 11.9. The van der Waals surface area contributed by atoms with E-state index < -0.39 is 0 Å². The molecule has 0 spiro atoms. The molecule has 2 rings (SSSR count). The van der Waals surface area contributed by atoms with Gasteiger partial charge in [0.2, 0.25) is 5.91 Å². The van der Waals surface area contributed by atoms with E-state index in [0.29, 0.717) is 12.3 Å². The molecule has 1 aliphatic heterocycles. The minimum Gasteiger partial charge on any atom is -0.342 e. The summed E-state index contributed by atoms with van der Waals surface area (Å²) in [6.07, 6.45) is 2.62. The molecule has 1 aromatic rings. The summed E-state index contributed by atoms with van der Waals surface area (Å²) >= 11 is 1.34. The minimum absolute atomic E-state index is 0.139. The van der Waals surface area contributed by atoms with Crippen molar-refractivity contribution in [2.75, 3.05) is 18.8 Å². The number of thioether (sulfide) groups is 1. The van der Waals surface area contributed by atoms with Crippen molar-refractivity contribution in [1.82, 2.24) is 4.90 Å². The monoisotopic (exact) mass is 291 g/mol. The third kappa shape index (κ3) is 4.67. The van der Waals surface area contributed by atoms with Gasteiger partial charge in [0, 0.05) is 32.2 Å². The Balaban J connectivity index is 1.71. The van der Waals surface area contributed by atoms with E-state index in [4.69, 9.17) is 0 Å². The third-order valence-corrected chi connectivity index (χ3v) is 4.60. The van der Waals surface area contributed by atoms with Crippen LogP contribution in [0.2, 0.25) is 0 Å². The number of benzene rings is 1. The van der Waals surface area contributed by atoms with Crippen molar-refractivity contribution < 1.29 is 9.59 Å². The molecule has 1 aromatic carbocycles. The number of nitrogens with zero attached hydrogens (tertiary/aromatic N) is 1. The van der Waals surface area contributed by atoms with Gasteiger partial charge in [0.15, 0.2) is 5.12 Å². The quantitative estimate of drug-likeness (QED) is 0.809. The Bertz CT molecular complexity index is 461. The summed E-state index contributed by atoms with van der Waals surface area (Å²) in [4.78, 5) is 24.8. The number of rotatable bonds is 6. The molecule has 0 bridgehead atoms. The molecule has 1 fully saturated rings. The Kier molecular flexibility index (Phi) is 5.65. The van der Waals surface area contributed by atoms with E-state index in [2.05, 4.69) is 12.1 Å². The van der Waals surface area contributed by atoms with Crippen molar-refractivity contribution in [2.24, 2.45) is 5.92 Å². The van der Waals surface area contributed by atoms with Gasteiger partial charge in [0.1, 0.15) is 0 Å². The largest absolute Gasteiger partial charge is 0.342 e. The summed E-state index contributed by atoms with van der Waals surface area (Å²) in [7, 11) is 0. The molecule has 0 aromatic heterocycles. The van der Waals surface area contributed by atoms with Crippen molar-refractivity contribution in [2.45, 2.75) is 26.2 Å². The Morgan fingerprint density at radius 1 is 1.35 bits per heavy atom. The van der Waals surface area contributed by atoms with Crippen LogP contribution in [-0.2, 0) is 16.0 Å². The number of amides is 1. The fraction of sp³-hybridized carbons (Fsp3) is 0.500. The van der Waals surface area contributed by atoms with E-state index in [9.17, 15) is 9.59 Å². The van der Waals surface area contributed by atoms with Crippen molar-refractivity contribution in [3.8, 4) is 0 Å². The first-order valence-corrected chi connectivity index (χ1v) is 8.09. The van der Waals surface area contributed by atoms with Crippen LogP contribution in [0.15, 0.2) is 30.3 Å². The molecule has 20 heavy (non-hydrogen) atoms. The van der Waals surface area contributed by atoms with Crippen LogP contribution in [0.25, 0.3) is 0 Å². The smallest absolute Gasteiger partial charge is 0.222 e. The Morgan fingerprint density at radius 2 is 2.10 bits per heavy atom. The van der Waals surface area contributed by atoms with Crippen LogP contribution in [0.3, 0.4) is 0 Å².